The van der Waals surface area contributed by atoms with Gasteiger partial charge in [-0.05, 0) is 50.5 Å². The van der Waals surface area contributed by atoms with Gasteiger partial charge in [0.25, 0.3) is 5.56 Å². The van der Waals surface area contributed by atoms with Crippen LogP contribution in [0.15, 0.2) is 44.2 Å². The van der Waals surface area contributed by atoms with Crippen molar-refractivity contribution >= 4 is 21.4 Å². The van der Waals surface area contributed by atoms with Crippen LogP contribution in [0.4, 0.5) is 11.4 Å². The Balaban J connectivity index is 2.28. The van der Waals surface area contributed by atoms with Crippen LogP contribution in [-0.4, -0.2) is 49.6 Å². The van der Waals surface area contributed by atoms with Crippen molar-refractivity contribution in [3.8, 4) is 11.9 Å². The van der Waals surface area contributed by atoms with E-state index in [1.165, 1.54) is 35.8 Å². The molecular formula is C25H35N5O6S. The standard InChI is InChI=1S/C25H35N5O6S/c1-17(2)6-5-7-18(3)30-24(32)22(16-26)19(4)23(25(30)33)29-28-20-8-10-21(11-9-20)37(34,35)27-12-14-36-15-13-31/h8-11,17-18,27,31-32H,5-7,12-15H2,1-4H3. The Morgan fingerprint density at radius 3 is 2.41 bits per heavy atom. The third-order valence-corrected chi connectivity index (χ3v) is 7.22. The van der Waals surface area contributed by atoms with Gasteiger partial charge in [0.05, 0.1) is 30.4 Å². The number of hydrogen-bond acceptors (Lipinski definition) is 9. The summed E-state index contributed by atoms with van der Waals surface area (Å²) < 4.78 is 33.4. The first-order chi connectivity index (χ1) is 17.5. The number of aliphatic hydroxyl groups excluding tert-OH is 1. The van der Waals surface area contributed by atoms with Gasteiger partial charge in [-0.2, -0.15) is 10.4 Å². The lowest BCUT2D eigenvalue weighted by Crippen LogP contribution is -2.27. The SMILES string of the molecule is Cc1c(C#N)c(O)n(C(C)CCCC(C)C)c(=O)c1N=Nc1ccc(S(=O)(=O)NCCOCCO)cc1. The highest BCUT2D eigenvalue weighted by Crippen LogP contribution is 2.30. The van der Waals surface area contributed by atoms with E-state index in [9.17, 15) is 23.6 Å². The number of azo groups is 1. The maximum absolute atomic E-state index is 13.2. The number of sulfonamides is 1. The summed E-state index contributed by atoms with van der Waals surface area (Å²) in [4.78, 5) is 13.2. The molecule has 0 spiro atoms. The van der Waals surface area contributed by atoms with Crippen LogP contribution >= 0.6 is 0 Å². The number of rotatable bonds is 14. The number of aromatic hydroxyl groups is 1. The molecule has 0 fully saturated rings. The number of benzene rings is 1. The summed E-state index contributed by atoms with van der Waals surface area (Å²) in [5.41, 5.74) is -0.147. The molecule has 12 heteroatoms. The Morgan fingerprint density at radius 1 is 1.14 bits per heavy atom. The number of nitrogens with zero attached hydrogens (tertiary/aromatic N) is 4. The highest BCUT2D eigenvalue weighted by atomic mass is 32.2. The third kappa shape index (κ3) is 8.19. The van der Waals surface area contributed by atoms with Gasteiger partial charge in [0.2, 0.25) is 15.9 Å². The van der Waals surface area contributed by atoms with Gasteiger partial charge in [0.1, 0.15) is 11.6 Å². The minimum Gasteiger partial charge on any atom is -0.493 e. The summed E-state index contributed by atoms with van der Waals surface area (Å²) in [7, 11) is -3.77. The Morgan fingerprint density at radius 2 is 1.81 bits per heavy atom. The van der Waals surface area contributed by atoms with E-state index in [1.54, 1.807) is 0 Å². The molecule has 37 heavy (non-hydrogen) atoms. The van der Waals surface area contributed by atoms with E-state index in [0.29, 0.717) is 18.0 Å². The molecule has 2 rings (SSSR count). The van der Waals surface area contributed by atoms with Crippen LogP contribution in [0.1, 0.15) is 57.2 Å². The van der Waals surface area contributed by atoms with Crippen LogP contribution < -0.4 is 10.3 Å². The zero-order valence-electron chi connectivity index (χ0n) is 21.6. The van der Waals surface area contributed by atoms with E-state index in [2.05, 4.69) is 28.8 Å². The predicted octanol–water partition coefficient (Wildman–Crippen LogP) is 3.82. The van der Waals surface area contributed by atoms with E-state index in [1.807, 2.05) is 13.0 Å². The highest BCUT2D eigenvalue weighted by Gasteiger charge is 2.22. The summed E-state index contributed by atoms with van der Waals surface area (Å²) in [6, 6.07) is 7.18. The topological polar surface area (TPSA) is 166 Å². The molecule has 0 bridgehead atoms. The lowest BCUT2D eigenvalue weighted by molar-refractivity contribution is 0.0961. The minimum absolute atomic E-state index is 0.0127. The molecule has 11 nitrogen and oxygen atoms in total. The molecule has 202 valence electrons. The Bertz CT molecular complexity index is 1280. The molecular weight excluding hydrogens is 498 g/mol. The number of aromatic nitrogens is 1. The first-order valence-corrected chi connectivity index (χ1v) is 13.6. The summed E-state index contributed by atoms with van der Waals surface area (Å²) in [6.45, 7) is 7.71. The number of aliphatic hydroxyl groups is 1. The fourth-order valence-electron chi connectivity index (χ4n) is 3.69. The molecule has 0 aliphatic carbocycles. The van der Waals surface area contributed by atoms with Crippen LogP contribution in [0.5, 0.6) is 5.88 Å². The average molecular weight is 534 g/mol. The Kier molecular flexibility index (Phi) is 11.4. The maximum atomic E-state index is 13.2. The first kappa shape index (κ1) is 30.1. The molecule has 0 amide bonds. The minimum atomic E-state index is -3.77. The summed E-state index contributed by atoms with van der Waals surface area (Å²) in [5.74, 6) is 0.127. The number of hydrogen-bond donors (Lipinski definition) is 3. The van der Waals surface area contributed by atoms with Crippen molar-refractivity contribution in [3.05, 3.63) is 45.7 Å². The molecule has 1 aromatic carbocycles. The normalized spacial score (nSPS) is 12.8. The van der Waals surface area contributed by atoms with E-state index in [0.717, 1.165) is 12.8 Å². The quantitative estimate of drug-likeness (QED) is 0.245. The number of ether oxygens (including phenoxy) is 1. The number of pyridine rings is 1. The smallest absolute Gasteiger partial charge is 0.281 e. The van der Waals surface area contributed by atoms with Crippen molar-refractivity contribution < 1.29 is 23.4 Å². The predicted molar refractivity (Wildman–Crippen MR) is 139 cm³/mol. The summed E-state index contributed by atoms with van der Waals surface area (Å²) in [6.07, 6.45) is 2.48. The van der Waals surface area contributed by atoms with Crippen molar-refractivity contribution in [2.24, 2.45) is 16.1 Å². The third-order valence-electron chi connectivity index (χ3n) is 5.75. The zero-order valence-corrected chi connectivity index (χ0v) is 22.5. The Labute approximate surface area is 217 Å². The molecule has 0 radical (unpaired) electrons. The first-order valence-electron chi connectivity index (χ1n) is 12.1. The van der Waals surface area contributed by atoms with Crippen LogP contribution in [0.2, 0.25) is 0 Å². The lowest BCUT2D eigenvalue weighted by atomic mass is 10.0. The van der Waals surface area contributed by atoms with E-state index in [4.69, 9.17) is 9.84 Å². The largest absolute Gasteiger partial charge is 0.493 e. The second-order valence-electron chi connectivity index (χ2n) is 9.06. The molecule has 0 aliphatic heterocycles. The van der Waals surface area contributed by atoms with Gasteiger partial charge in [-0.25, -0.2) is 13.1 Å². The van der Waals surface area contributed by atoms with Gasteiger partial charge < -0.3 is 14.9 Å². The fourth-order valence-corrected chi connectivity index (χ4v) is 4.70. The second-order valence-corrected chi connectivity index (χ2v) is 10.8. The van der Waals surface area contributed by atoms with Crippen LogP contribution in [0, 0.1) is 24.2 Å². The van der Waals surface area contributed by atoms with Crippen molar-refractivity contribution in [3.63, 3.8) is 0 Å². The average Bonchev–Trinajstić information content (AvgIpc) is 2.84. The van der Waals surface area contributed by atoms with Crippen molar-refractivity contribution in [1.29, 1.82) is 5.26 Å². The molecule has 1 heterocycles. The summed E-state index contributed by atoms with van der Waals surface area (Å²) in [5, 5.41) is 37.0. The molecule has 0 saturated heterocycles. The van der Waals surface area contributed by atoms with Gasteiger partial charge in [0.15, 0.2) is 5.69 Å². The van der Waals surface area contributed by atoms with Crippen LogP contribution in [0.25, 0.3) is 0 Å². The van der Waals surface area contributed by atoms with Gasteiger partial charge >= 0.3 is 0 Å². The monoisotopic (exact) mass is 533 g/mol. The second kappa shape index (κ2) is 14.0. The number of nitriles is 1. The van der Waals surface area contributed by atoms with Crippen molar-refractivity contribution in [2.45, 2.75) is 57.9 Å². The van der Waals surface area contributed by atoms with Gasteiger partial charge in [0, 0.05) is 18.2 Å². The van der Waals surface area contributed by atoms with Crippen molar-refractivity contribution in [1.82, 2.24) is 9.29 Å². The van der Waals surface area contributed by atoms with E-state index in [-0.39, 0.29) is 60.0 Å². The van der Waals surface area contributed by atoms with Gasteiger partial charge in [-0.15, -0.1) is 5.11 Å². The maximum Gasteiger partial charge on any atom is 0.281 e. The van der Waals surface area contributed by atoms with E-state index >= 15 is 0 Å². The van der Waals surface area contributed by atoms with Gasteiger partial charge in [-0.3, -0.25) is 9.36 Å². The molecule has 3 N–H and O–H groups in total. The lowest BCUT2D eigenvalue weighted by Gasteiger charge is -2.19. The van der Waals surface area contributed by atoms with Gasteiger partial charge in [-0.1, -0.05) is 26.7 Å². The molecule has 2 aromatic rings. The fraction of sp³-hybridized carbons (Fsp3) is 0.520. The van der Waals surface area contributed by atoms with Crippen LogP contribution in [-0.2, 0) is 14.8 Å². The molecule has 1 atom stereocenters. The highest BCUT2D eigenvalue weighted by molar-refractivity contribution is 7.89. The molecule has 0 saturated carbocycles. The molecule has 1 aromatic heterocycles. The zero-order chi connectivity index (χ0) is 27.6. The van der Waals surface area contributed by atoms with E-state index < -0.39 is 15.6 Å². The van der Waals surface area contributed by atoms with Crippen LogP contribution in [0.3, 0.4) is 0 Å². The van der Waals surface area contributed by atoms with Crippen molar-refractivity contribution in [2.75, 3.05) is 26.4 Å². The Hall–Kier alpha value is -3.11. The molecule has 1 unspecified atom stereocenters. The summed E-state index contributed by atoms with van der Waals surface area (Å²) >= 11 is 0. The molecule has 0 aliphatic rings. The number of nitrogens with one attached hydrogen (secondary N) is 1.